The van der Waals surface area contributed by atoms with Crippen molar-refractivity contribution in [2.24, 2.45) is 4.99 Å². The third-order valence-corrected chi connectivity index (χ3v) is 7.39. The number of nitrogens with zero attached hydrogens (tertiary/aromatic N) is 1. The van der Waals surface area contributed by atoms with Crippen LogP contribution in [0.2, 0.25) is 10.0 Å². The second-order valence-corrected chi connectivity index (χ2v) is 10.9. The molecule has 2 atom stereocenters. The van der Waals surface area contributed by atoms with Gasteiger partial charge in [-0.15, -0.1) is 6.58 Å². The van der Waals surface area contributed by atoms with Gasteiger partial charge in [0.05, 0.1) is 17.7 Å². The van der Waals surface area contributed by atoms with Crippen LogP contribution in [0.1, 0.15) is 46.8 Å². The second-order valence-electron chi connectivity index (χ2n) is 10.0. The average Bonchev–Trinajstić information content (AvgIpc) is 3.35. The van der Waals surface area contributed by atoms with Crippen molar-refractivity contribution in [2.75, 3.05) is 13.2 Å². The molecule has 0 aromatic heterocycles. The molecule has 1 heterocycles. The SMILES string of the molecule is C=CC[C@@]1(C(=O)NCc2cc(C(F)(F)F)cc(C(F)(F)F)c2)N=C(c2ccc(OCCCO)cc2)O[C@@H]1c1ccc(Cl)cc1Cl. The molecule has 0 spiro atoms. The van der Waals surface area contributed by atoms with Crippen LogP contribution in [0.15, 0.2) is 78.3 Å². The number of aliphatic hydroxyl groups excluding tert-OH is 1. The minimum atomic E-state index is -5.06. The van der Waals surface area contributed by atoms with E-state index in [0.717, 1.165) is 0 Å². The van der Waals surface area contributed by atoms with Gasteiger partial charge in [-0.05, 0) is 60.2 Å². The number of carbonyl (C=O) groups excluding carboxylic acids is 1. The van der Waals surface area contributed by atoms with Crippen LogP contribution in [0, 0.1) is 0 Å². The molecule has 1 amide bonds. The van der Waals surface area contributed by atoms with Crippen molar-refractivity contribution in [1.29, 1.82) is 0 Å². The Balaban J connectivity index is 1.73. The van der Waals surface area contributed by atoms with E-state index in [0.29, 0.717) is 40.5 Å². The number of hydrogen-bond donors (Lipinski definition) is 2. The summed E-state index contributed by atoms with van der Waals surface area (Å²) in [5, 5.41) is 11.8. The number of nitrogens with one attached hydrogen (secondary N) is 1. The Bertz CT molecular complexity index is 1550. The van der Waals surface area contributed by atoms with Crippen LogP contribution < -0.4 is 10.1 Å². The Kier molecular flexibility index (Phi) is 10.4. The first-order valence-corrected chi connectivity index (χ1v) is 14.2. The highest BCUT2D eigenvalue weighted by molar-refractivity contribution is 6.35. The normalized spacial score (nSPS) is 18.2. The minimum absolute atomic E-state index is 0.00736. The molecule has 0 unspecified atom stereocenters. The van der Waals surface area contributed by atoms with E-state index >= 15 is 0 Å². The Morgan fingerprint density at radius 1 is 1.02 bits per heavy atom. The number of benzene rings is 3. The van der Waals surface area contributed by atoms with Crippen LogP contribution in [0.5, 0.6) is 5.75 Å². The fraction of sp³-hybridized carbons (Fsp3) is 0.290. The average molecular weight is 675 g/mol. The predicted octanol–water partition coefficient (Wildman–Crippen LogP) is 7.94. The molecule has 0 radical (unpaired) electrons. The Hall–Kier alpha value is -3.74. The lowest BCUT2D eigenvalue weighted by atomic mass is 9.84. The zero-order chi connectivity index (χ0) is 33.0. The lowest BCUT2D eigenvalue weighted by Crippen LogP contribution is -2.47. The van der Waals surface area contributed by atoms with E-state index in [1.807, 2.05) is 0 Å². The van der Waals surface area contributed by atoms with Gasteiger partial charge in [0.1, 0.15) is 5.75 Å². The number of aliphatic imine (C=N–C) groups is 1. The van der Waals surface area contributed by atoms with Gasteiger partial charge in [-0.2, -0.15) is 26.3 Å². The summed E-state index contributed by atoms with van der Waals surface area (Å²) in [6, 6.07) is 12.0. The van der Waals surface area contributed by atoms with Crippen molar-refractivity contribution in [2.45, 2.75) is 43.4 Å². The summed E-state index contributed by atoms with van der Waals surface area (Å²) < 4.78 is 92.2. The molecule has 0 fully saturated rings. The van der Waals surface area contributed by atoms with Gasteiger partial charge in [-0.1, -0.05) is 35.3 Å². The van der Waals surface area contributed by atoms with Crippen molar-refractivity contribution in [3.8, 4) is 5.75 Å². The van der Waals surface area contributed by atoms with Crippen molar-refractivity contribution in [3.05, 3.63) is 111 Å². The maximum Gasteiger partial charge on any atom is 0.416 e. The number of aliphatic hydroxyl groups is 1. The number of alkyl halides is 6. The molecule has 3 aromatic rings. The van der Waals surface area contributed by atoms with Crippen molar-refractivity contribution >= 4 is 35.0 Å². The highest BCUT2D eigenvalue weighted by Gasteiger charge is 2.53. The van der Waals surface area contributed by atoms with Gasteiger partial charge >= 0.3 is 12.4 Å². The minimum Gasteiger partial charge on any atom is -0.494 e. The molecule has 4 rings (SSSR count). The zero-order valence-electron chi connectivity index (χ0n) is 23.3. The maximum absolute atomic E-state index is 13.9. The third-order valence-electron chi connectivity index (χ3n) is 6.83. The highest BCUT2D eigenvalue weighted by atomic mass is 35.5. The van der Waals surface area contributed by atoms with E-state index in [1.165, 1.54) is 24.3 Å². The standard InChI is InChI=1S/C31H26Cl2F6N2O4/c1-2-10-29(28(43)40-17-18-13-20(30(34,35)36)15-21(14-18)31(37,38)39)26(24-9-6-22(32)16-25(24)33)45-27(41-29)19-4-7-23(8-5-19)44-12-3-11-42/h2,4-9,13-16,26,42H,1,3,10-12,17H2,(H,40,43)/t26-,29-/m1/s1. The molecular weight excluding hydrogens is 649 g/mol. The van der Waals surface area contributed by atoms with E-state index < -0.39 is 53.1 Å². The first-order chi connectivity index (χ1) is 21.2. The van der Waals surface area contributed by atoms with E-state index in [-0.39, 0.29) is 36.6 Å². The van der Waals surface area contributed by atoms with Crippen LogP contribution in [0.4, 0.5) is 26.3 Å². The summed E-state index contributed by atoms with van der Waals surface area (Å²) in [5.74, 6) is -0.343. The highest BCUT2D eigenvalue weighted by Crippen LogP contribution is 2.45. The van der Waals surface area contributed by atoms with Gasteiger partial charge in [0, 0.05) is 47.2 Å². The number of rotatable bonds is 11. The molecule has 1 aliphatic heterocycles. The number of ether oxygens (including phenoxy) is 2. The maximum atomic E-state index is 13.9. The van der Waals surface area contributed by atoms with Gasteiger partial charge in [-0.25, -0.2) is 4.99 Å². The first-order valence-electron chi connectivity index (χ1n) is 13.4. The fourth-order valence-corrected chi connectivity index (χ4v) is 5.19. The smallest absolute Gasteiger partial charge is 0.416 e. The molecule has 0 saturated carbocycles. The molecular formula is C31H26Cl2F6N2O4. The van der Waals surface area contributed by atoms with E-state index in [4.69, 9.17) is 37.8 Å². The molecule has 1 aliphatic rings. The number of amides is 1. The van der Waals surface area contributed by atoms with E-state index in [1.54, 1.807) is 24.3 Å². The predicted molar refractivity (Wildman–Crippen MR) is 156 cm³/mol. The van der Waals surface area contributed by atoms with Crippen LogP contribution >= 0.6 is 23.2 Å². The van der Waals surface area contributed by atoms with Gasteiger partial charge in [0.25, 0.3) is 5.91 Å². The first kappa shape index (κ1) is 34.1. The van der Waals surface area contributed by atoms with Gasteiger partial charge in [0.2, 0.25) is 5.90 Å². The van der Waals surface area contributed by atoms with Crippen molar-refractivity contribution < 1.29 is 45.7 Å². The lowest BCUT2D eigenvalue weighted by molar-refractivity contribution is -0.143. The quantitative estimate of drug-likeness (QED) is 0.123. The second kappa shape index (κ2) is 13.7. The zero-order valence-corrected chi connectivity index (χ0v) is 24.8. The monoisotopic (exact) mass is 674 g/mol. The van der Waals surface area contributed by atoms with Crippen LogP contribution in [0.25, 0.3) is 0 Å². The number of hydrogen-bond acceptors (Lipinski definition) is 5. The van der Waals surface area contributed by atoms with Gasteiger partial charge in [-0.3, -0.25) is 4.79 Å². The summed E-state index contributed by atoms with van der Waals surface area (Å²) in [5.41, 5.74) is -4.53. The molecule has 0 bridgehead atoms. The summed E-state index contributed by atoms with van der Waals surface area (Å²) in [4.78, 5) is 18.6. The molecule has 240 valence electrons. The Morgan fingerprint density at radius 2 is 1.67 bits per heavy atom. The molecule has 14 heteroatoms. The summed E-state index contributed by atoms with van der Waals surface area (Å²) in [7, 11) is 0. The van der Waals surface area contributed by atoms with Crippen molar-refractivity contribution in [1.82, 2.24) is 5.32 Å². The molecule has 0 saturated heterocycles. The summed E-state index contributed by atoms with van der Waals surface area (Å²) in [6.45, 7) is 3.27. The summed E-state index contributed by atoms with van der Waals surface area (Å²) >= 11 is 12.6. The van der Waals surface area contributed by atoms with E-state index in [9.17, 15) is 31.1 Å². The molecule has 3 aromatic carbocycles. The van der Waals surface area contributed by atoms with Crippen LogP contribution in [-0.2, 0) is 28.4 Å². The lowest BCUT2D eigenvalue weighted by Gasteiger charge is -2.30. The Morgan fingerprint density at radius 3 is 2.22 bits per heavy atom. The van der Waals surface area contributed by atoms with E-state index in [2.05, 4.69) is 16.9 Å². The fourth-order valence-electron chi connectivity index (χ4n) is 4.68. The molecule has 6 nitrogen and oxygen atoms in total. The number of carbonyl (C=O) groups is 1. The largest absolute Gasteiger partial charge is 0.494 e. The number of halogens is 8. The van der Waals surface area contributed by atoms with Gasteiger partial charge in [0.15, 0.2) is 11.6 Å². The molecule has 2 N–H and O–H groups in total. The topological polar surface area (TPSA) is 80.2 Å². The van der Waals surface area contributed by atoms with Gasteiger partial charge < -0.3 is 19.9 Å². The third kappa shape index (κ3) is 7.92. The molecule has 45 heavy (non-hydrogen) atoms. The molecule has 0 aliphatic carbocycles. The summed E-state index contributed by atoms with van der Waals surface area (Å²) in [6.07, 6.45) is -9.64. The van der Waals surface area contributed by atoms with Crippen molar-refractivity contribution in [3.63, 3.8) is 0 Å². The van der Waals surface area contributed by atoms with Crippen LogP contribution in [-0.4, -0.2) is 35.7 Å². The Labute approximate surface area is 264 Å². The van der Waals surface area contributed by atoms with Crippen LogP contribution in [0.3, 0.4) is 0 Å².